The molecular weight excluding hydrogens is 455 g/mol. The second-order valence-electron chi connectivity index (χ2n) is 9.39. The summed E-state index contributed by atoms with van der Waals surface area (Å²) in [6.07, 6.45) is -0.712. The van der Waals surface area contributed by atoms with Gasteiger partial charge in [-0.3, -0.25) is 9.36 Å². The number of aryl methyl sites for hydroxylation is 3. The molecule has 1 aliphatic heterocycles. The van der Waals surface area contributed by atoms with Crippen molar-refractivity contribution in [3.8, 4) is 22.8 Å². The highest BCUT2D eigenvalue weighted by Gasteiger charge is 2.34. The van der Waals surface area contributed by atoms with Gasteiger partial charge in [-0.15, -0.1) is 0 Å². The van der Waals surface area contributed by atoms with Crippen LogP contribution in [-0.2, 0) is 33.2 Å². The van der Waals surface area contributed by atoms with Crippen molar-refractivity contribution in [3.63, 3.8) is 0 Å². The molecule has 0 saturated heterocycles. The molecule has 0 aliphatic carbocycles. The van der Waals surface area contributed by atoms with Crippen LogP contribution in [0.15, 0.2) is 36.7 Å². The fraction of sp³-hybridized carbons (Fsp3) is 0.400. The van der Waals surface area contributed by atoms with E-state index in [1.165, 1.54) is 15.8 Å². The number of rotatable bonds is 4. The molecule has 0 unspecified atom stereocenters. The summed E-state index contributed by atoms with van der Waals surface area (Å²) >= 11 is 0. The minimum absolute atomic E-state index is 0.215. The van der Waals surface area contributed by atoms with E-state index in [1.807, 2.05) is 46.9 Å². The Morgan fingerprint density at radius 3 is 2.40 bits per heavy atom. The van der Waals surface area contributed by atoms with Gasteiger partial charge in [-0.1, -0.05) is 0 Å². The average molecular weight is 484 g/mol. The molecule has 4 heterocycles. The third-order valence-corrected chi connectivity index (χ3v) is 6.59. The summed E-state index contributed by atoms with van der Waals surface area (Å²) in [4.78, 5) is 6.08. The molecular formula is C25H28F3N7. The molecule has 0 saturated carbocycles. The zero-order valence-electron chi connectivity index (χ0n) is 20.4. The Balaban J connectivity index is 1.45. The maximum Gasteiger partial charge on any atom is 0.434 e. The molecule has 35 heavy (non-hydrogen) atoms. The molecule has 0 spiro atoms. The van der Waals surface area contributed by atoms with Gasteiger partial charge < -0.3 is 9.47 Å². The summed E-state index contributed by atoms with van der Waals surface area (Å²) in [6, 6.07) is 7.77. The Morgan fingerprint density at radius 1 is 1.06 bits per heavy atom. The largest absolute Gasteiger partial charge is 0.434 e. The Bertz CT molecular complexity index is 1370. The number of hydrogen-bond donors (Lipinski definition) is 0. The number of nitrogens with zero attached hydrogens (tertiary/aromatic N) is 7. The second kappa shape index (κ2) is 8.28. The number of hydrogen-bond acceptors (Lipinski definition) is 4. The smallest absolute Gasteiger partial charge is 0.367 e. The van der Waals surface area contributed by atoms with Gasteiger partial charge in [0.05, 0.1) is 11.9 Å². The van der Waals surface area contributed by atoms with Crippen LogP contribution < -0.4 is 4.90 Å². The topological polar surface area (TPSA) is 56.7 Å². The first kappa shape index (κ1) is 23.2. The van der Waals surface area contributed by atoms with Gasteiger partial charge in [-0.05, 0) is 50.6 Å². The normalized spacial score (nSPS) is 14.1. The SMILES string of the molecule is Cc1cnn(C(C)C)c1-c1nn(C)c2c1CN(c1ccc(-c3nc(C(F)(F)F)cn3C)cc1)CC2. The van der Waals surface area contributed by atoms with Crippen LogP contribution in [0.5, 0.6) is 0 Å². The molecule has 0 fully saturated rings. The van der Waals surface area contributed by atoms with Gasteiger partial charge in [0.25, 0.3) is 0 Å². The van der Waals surface area contributed by atoms with Crippen LogP contribution >= 0.6 is 0 Å². The lowest BCUT2D eigenvalue weighted by molar-refractivity contribution is -0.140. The summed E-state index contributed by atoms with van der Waals surface area (Å²) in [5, 5.41) is 9.44. The molecule has 184 valence electrons. The summed E-state index contributed by atoms with van der Waals surface area (Å²) in [5.74, 6) is 0.289. The van der Waals surface area contributed by atoms with Gasteiger partial charge in [-0.2, -0.15) is 23.4 Å². The first-order chi connectivity index (χ1) is 16.5. The average Bonchev–Trinajstić information content (AvgIpc) is 3.48. The van der Waals surface area contributed by atoms with E-state index in [9.17, 15) is 13.2 Å². The molecule has 5 rings (SSSR count). The van der Waals surface area contributed by atoms with Gasteiger partial charge >= 0.3 is 6.18 Å². The summed E-state index contributed by atoms with van der Waals surface area (Å²) < 4.78 is 44.6. The van der Waals surface area contributed by atoms with Gasteiger partial charge in [0.15, 0.2) is 5.69 Å². The number of alkyl halides is 3. The van der Waals surface area contributed by atoms with Crippen molar-refractivity contribution in [2.75, 3.05) is 11.4 Å². The highest BCUT2D eigenvalue weighted by Crippen LogP contribution is 2.35. The minimum atomic E-state index is -4.47. The lowest BCUT2D eigenvalue weighted by Gasteiger charge is -2.30. The van der Waals surface area contributed by atoms with E-state index in [-0.39, 0.29) is 11.9 Å². The molecule has 1 aromatic carbocycles. The van der Waals surface area contributed by atoms with Crippen molar-refractivity contribution in [1.29, 1.82) is 0 Å². The molecule has 4 aromatic rings. The van der Waals surface area contributed by atoms with Crippen molar-refractivity contribution in [1.82, 2.24) is 29.1 Å². The van der Waals surface area contributed by atoms with Crippen molar-refractivity contribution in [2.45, 2.75) is 46.0 Å². The number of anilines is 1. The number of halogens is 3. The van der Waals surface area contributed by atoms with Crippen LogP contribution in [0.3, 0.4) is 0 Å². The van der Waals surface area contributed by atoms with Crippen molar-refractivity contribution in [3.05, 3.63) is 59.2 Å². The summed E-state index contributed by atoms with van der Waals surface area (Å²) in [7, 11) is 3.56. The van der Waals surface area contributed by atoms with Gasteiger partial charge in [0.2, 0.25) is 0 Å². The maximum atomic E-state index is 13.1. The Labute approximate surface area is 201 Å². The third-order valence-electron chi connectivity index (χ3n) is 6.59. The lowest BCUT2D eigenvalue weighted by atomic mass is 10.0. The van der Waals surface area contributed by atoms with Crippen LogP contribution in [0, 0.1) is 6.92 Å². The number of fused-ring (bicyclic) bond motifs is 1. The van der Waals surface area contributed by atoms with Crippen molar-refractivity contribution >= 4 is 5.69 Å². The van der Waals surface area contributed by atoms with Crippen LogP contribution in [0.1, 0.15) is 42.4 Å². The van der Waals surface area contributed by atoms with E-state index in [0.29, 0.717) is 12.1 Å². The Morgan fingerprint density at radius 2 is 1.77 bits per heavy atom. The molecule has 10 heteroatoms. The highest BCUT2D eigenvalue weighted by atomic mass is 19.4. The zero-order valence-corrected chi connectivity index (χ0v) is 20.4. The van der Waals surface area contributed by atoms with Crippen molar-refractivity contribution < 1.29 is 13.2 Å². The van der Waals surface area contributed by atoms with Crippen molar-refractivity contribution in [2.24, 2.45) is 14.1 Å². The summed E-state index contributed by atoms with van der Waals surface area (Å²) in [5.41, 5.74) is 6.27. The standard InChI is InChI=1S/C25H28F3N7/c1-15(2)35-23(16(3)12-29-35)22-19-13-34(11-10-20(19)33(5)31-22)18-8-6-17(7-9-18)24-30-21(14-32(24)4)25(26,27)28/h6-9,12,14-15H,10-11,13H2,1-5H3. The summed E-state index contributed by atoms with van der Waals surface area (Å²) in [6.45, 7) is 7.80. The monoisotopic (exact) mass is 483 g/mol. The molecule has 0 bridgehead atoms. The first-order valence-electron chi connectivity index (χ1n) is 11.6. The molecule has 3 aromatic heterocycles. The predicted octanol–water partition coefficient (Wildman–Crippen LogP) is 5.15. The third kappa shape index (κ3) is 4.00. The Kier molecular flexibility index (Phi) is 5.49. The fourth-order valence-electron chi connectivity index (χ4n) is 4.83. The molecule has 7 nitrogen and oxygen atoms in total. The quantitative estimate of drug-likeness (QED) is 0.403. The Hall–Kier alpha value is -3.56. The highest BCUT2D eigenvalue weighted by molar-refractivity contribution is 5.67. The minimum Gasteiger partial charge on any atom is -0.367 e. The lowest BCUT2D eigenvalue weighted by Crippen LogP contribution is -2.31. The maximum absolute atomic E-state index is 13.1. The predicted molar refractivity (Wildman–Crippen MR) is 128 cm³/mol. The number of imidazole rings is 1. The van der Waals surface area contributed by atoms with Crippen LogP contribution in [0.25, 0.3) is 22.8 Å². The number of aromatic nitrogens is 6. The van der Waals surface area contributed by atoms with Gasteiger partial charge in [0.1, 0.15) is 11.5 Å². The second-order valence-corrected chi connectivity index (χ2v) is 9.39. The molecule has 0 amide bonds. The van der Waals surface area contributed by atoms with Gasteiger partial charge in [0, 0.05) is 68.4 Å². The van der Waals surface area contributed by atoms with E-state index >= 15 is 0 Å². The van der Waals surface area contributed by atoms with E-state index in [1.54, 1.807) is 7.05 Å². The van der Waals surface area contributed by atoms with E-state index in [0.717, 1.165) is 41.8 Å². The first-order valence-corrected chi connectivity index (χ1v) is 11.6. The number of benzene rings is 1. The molecule has 0 atom stereocenters. The van der Waals surface area contributed by atoms with Crippen LogP contribution in [0.2, 0.25) is 0 Å². The van der Waals surface area contributed by atoms with E-state index < -0.39 is 11.9 Å². The van der Waals surface area contributed by atoms with E-state index in [4.69, 9.17) is 5.10 Å². The fourth-order valence-corrected chi connectivity index (χ4v) is 4.83. The zero-order chi connectivity index (χ0) is 25.1. The molecule has 0 radical (unpaired) electrons. The molecule has 1 aliphatic rings. The van der Waals surface area contributed by atoms with Crippen LogP contribution in [-0.4, -0.2) is 35.7 Å². The molecule has 0 N–H and O–H groups in total. The van der Waals surface area contributed by atoms with Gasteiger partial charge in [-0.25, -0.2) is 4.98 Å². The van der Waals surface area contributed by atoms with E-state index in [2.05, 4.69) is 35.8 Å². The van der Waals surface area contributed by atoms with Crippen LogP contribution in [0.4, 0.5) is 18.9 Å².